The number of rotatable bonds is 6. The third-order valence-corrected chi connectivity index (χ3v) is 7.20. The monoisotopic (exact) mass is 487 g/mol. The molecule has 8 nitrogen and oxygen atoms in total. The van der Waals surface area contributed by atoms with Crippen LogP contribution in [0.4, 0.5) is 16.3 Å². The van der Waals surface area contributed by atoms with Crippen LogP contribution in [0.3, 0.4) is 0 Å². The predicted molar refractivity (Wildman–Crippen MR) is 141 cm³/mol. The summed E-state index contributed by atoms with van der Waals surface area (Å²) >= 11 is 0. The Morgan fingerprint density at radius 1 is 1.03 bits per heavy atom. The number of fused-ring (bicyclic) bond motifs is 1. The van der Waals surface area contributed by atoms with Gasteiger partial charge in [0, 0.05) is 25.7 Å². The van der Waals surface area contributed by atoms with Gasteiger partial charge in [0.2, 0.25) is 0 Å². The molecule has 3 aromatic rings. The number of piperidine rings is 1. The molecule has 3 heterocycles. The summed E-state index contributed by atoms with van der Waals surface area (Å²) in [4.78, 5) is 28.5. The van der Waals surface area contributed by atoms with Crippen molar-refractivity contribution < 1.29 is 14.3 Å². The number of nitrogens with zero attached hydrogens (tertiary/aromatic N) is 5. The fourth-order valence-electron chi connectivity index (χ4n) is 5.00. The molecule has 0 unspecified atom stereocenters. The lowest BCUT2D eigenvalue weighted by Gasteiger charge is -2.34. The van der Waals surface area contributed by atoms with E-state index in [0.717, 1.165) is 67.3 Å². The molecule has 1 fully saturated rings. The van der Waals surface area contributed by atoms with E-state index in [2.05, 4.69) is 17.1 Å². The molecule has 36 heavy (non-hydrogen) atoms. The SMILES string of the molecule is COc1ccc(CCC2CCN(C(=O)N3CN(C)c4nc(-c5cccc(OC)c5)ncc43)CC2)cc1. The normalized spacial score (nSPS) is 15.7. The quantitative estimate of drug-likeness (QED) is 0.496. The van der Waals surface area contributed by atoms with Gasteiger partial charge in [0.15, 0.2) is 11.6 Å². The maximum Gasteiger partial charge on any atom is 0.326 e. The Balaban J connectivity index is 1.20. The van der Waals surface area contributed by atoms with Crippen LogP contribution in [0.1, 0.15) is 24.8 Å². The third-order valence-electron chi connectivity index (χ3n) is 7.20. The number of ether oxygens (including phenoxy) is 2. The van der Waals surface area contributed by atoms with Crippen molar-refractivity contribution in [1.82, 2.24) is 14.9 Å². The summed E-state index contributed by atoms with van der Waals surface area (Å²) < 4.78 is 10.6. The highest BCUT2D eigenvalue weighted by atomic mass is 16.5. The number of likely N-dealkylation sites (tertiary alicyclic amines) is 1. The molecular formula is C28H33N5O3. The van der Waals surface area contributed by atoms with Crippen molar-refractivity contribution in [3.8, 4) is 22.9 Å². The molecule has 2 aliphatic heterocycles. The maximum atomic E-state index is 13.4. The lowest BCUT2D eigenvalue weighted by Crippen LogP contribution is -2.47. The van der Waals surface area contributed by atoms with Crippen molar-refractivity contribution in [2.24, 2.45) is 5.92 Å². The zero-order valence-electron chi connectivity index (χ0n) is 21.2. The smallest absolute Gasteiger partial charge is 0.326 e. The van der Waals surface area contributed by atoms with Gasteiger partial charge in [0.05, 0.1) is 20.4 Å². The molecule has 2 amide bonds. The number of urea groups is 1. The van der Waals surface area contributed by atoms with Gasteiger partial charge in [-0.1, -0.05) is 24.3 Å². The van der Waals surface area contributed by atoms with Gasteiger partial charge in [-0.2, -0.15) is 0 Å². The lowest BCUT2D eigenvalue weighted by atomic mass is 9.90. The first-order chi connectivity index (χ1) is 17.6. The first-order valence-corrected chi connectivity index (χ1v) is 12.5. The topological polar surface area (TPSA) is 71.0 Å². The summed E-state index contributed by atoms with van der Waals surface area (Å²) in [5.41, 5.74) is 2.97. The Morgan fingerprint density at radius 2 is 1.78 bits per heavy atom. The van der Waals surface area contributed by atoms with Gasteiger partial charge < -0.3 is 19.3 Å². The molecule has 1 aromatic heterocycles. The Bertz CT molecular complexity index is 1210. The minimum atomic E-state index is 0.0342. The molecule has 0 radical (unpaired) electrons. The van der Waals surface area contributed by atoms with Crippen molar-refractivity contribution in [3.05, 3.63) is 60.3 Å². The number of hydrogen-bond donors (Lipinski definition) is 0. The van der Waals surface area contributed by atoms with E-state index < -0.39 is 0 Å². The first kappa shape index (κ1) is 23.9. The van der Waals surface area contributed by atoms with Gasteiger partial charge >= 0.3 is 6.03 Å². The molecule has 1 saturated heterocycles. The van der Waals surface area contributed by atoms with Crippen LogP contribution in [-0.2, 0) is 6.42 Å². The van der Waals surface area contributed by atoms with Gasteiger partial charge in [-0.25, -0.2) is 14.8 Å². The molecule has 0 saturated carbocycles. The predicted octanol–water partition coefficient (Wildman–Crippen LogP) is 4.84. The summed E-state index contributed by atoms with van der Waals surface area (Å²) in [7, 11) is 5.29. The molecule has 5 rings (SSSR count). The van der Waals surface area contributed by atoms with E-state index in [-0.39, 0.29) is 6.03 Å². The third kappa shape index (κ3) is 4.94. The van der Waals surface area contributed by atoms with E-state index in [1.807, 2.05) is 53.2 Å². The molecule has 2 aromatic carbocycles. The van der Waals surface area contributed by atoms with Crippen LogP contribution in [0.2, 0.25) is 0 Å². The van der Waals surface area contributed by atoms with E-state index >= 15 is 0 Å². The van der Waals surface area contributed by atoms with Crippen molar-refractivity contribution in [2.75, 3.05) is 50.8 Å². The average molecular weight is 488 g/mol. The zero-order valence-corrected chi connectivity index (χ0v) is 21.2. The van der Waals surface area contributed by atoms with E-state index in [1.54, 1.807) is 25.3 Å². The highest BCUT2D eigenvalue weighted by Gasteiger charge is 2.34. The minimum absolute atomic E-state index is 0.0342. The fourth-order valence-corrected chi connectivity index (χ4v) is 5.00. The highest BCUT2D eigenvalue weighted by Crippen LogP contribution is 2.36. The van der Waals surface area contributed by atoms with Crippen LogP contribution < -0.4 is 19.3 Å². The van der Waals surface area contributed by atoms with Crippen molar-refractivity contribution in [2.45, 2.75) is 25.7 Å². The van der Waals surface area contributed by atoms with Crippen LogP contribution in [0.25, 0.3) is 11.4 Å². The van der Waals surface area contributed by atoms with Crippen LogP contribution in [-0.4, -0.2) is 61.9 Å². The number of aryl methyl sites for hydroxylation is 1. The summed E-state index contributed by atoms with van der Waals surface area (Å²) in [5, 5.41) is 0. The number of benzene rings is 2. The van der Waals surface area contributed by atoms with E-state index in [1.165, 1.54) is 5.56 Å². The van der Waals surface area contributed by atoms with Gasteiger partial charge in [0.25, 0.3) is 0 Å². The summed E-state index contributed by atoms with van der Waals surface area (Å²) in [6.45, 7) is 2.04. The van der Waals surface area contributed by atoms with Gasteiger partial charge in [-0.15, -0.1) is 0 Å². The number of anilines is 2. The molecule has 0 aliphatic carbocycles. The van der Waals surface area contributed by atoms with Gasteiger partial charge in [-0.05, 0) is 61.4 Å². The summed E-state index contributed by atoms with van der Waals surface area (Å²) in [5.74, 6) is 3.67. The number of amides is 2. The lowest BCUT2D eigenvalue weighted by molar-refractivity contribution is 0.174. The Hall–Kier alpha value is -3.81. The van der Waals surface area contributed by atoms with Gasteiger partial charge in [0.1, 0.15) is 23.9 Å². The first-order valence-electron chi connectivity index (χ1n) is 12.5. The van der Waals surface area contributed by atoms with Crippen LogP contribution in [0.5, 0.6) is 11.5 Å². The number of aromatic nitrogens is 2. The molecular weight excluding hydrogens is 454 g/mol. The van der Waals surface area contributed by atoms with Crippen molar-refractivity contribution >= 4 is 17.5 Å². The second-order valence-corrected chi connectivity index (χ2v) is 9.50. The highest BCUT2D eigenvalue weighted by molar-refractivity contribution is 5.97. The number of carbonyl (C=O) groups excluding carboxylic acids is 1. The number of carbonyl (C=O) groups is 1. The summed E-state index contributed by atoms with van der Waals surface area (Å²) in [6, 6.07) is 16.0. The number of hydrogen-bond acceptors (Lipinski definition) is 6. The van der Waals surface area contributed by atoms with E-state index in [9.17, 15) is 4.79 Å². The Labute approximate surface area is 212 Å². The Kier molecular flexibility index (Phi) is 6.93. The second-order valence-electron chi connectivity index (χ2n) is 9.50. The molecule has 0 atom stereocenters. The number of methoxy groups -OCH3 is 2. The van der Waals surface area contributed by atoms with Crippen LogP contribution in [0, 0.1) is 5.92 Å². The van der Waals surface area contributed by atoms with Crippen molar-refractivity contribution in [3.63, 3.8) is 0 Å². The maximum absolute atomic E-state index is 13.4. The van der Waals surface area contributed by atoms with Crippen LogP contribution >= 0.6 is 0 Å². The van der Waals surface area contributed by atoms with E-state index in [4.69, 9.17) is 14.5 Å². The fraction of sp³-hybridized carbons (Fsp3) is 0.393. The largest absolute Gasteiger partial charge is 0.497 e. The molecule has 188 valence electrons. The molecule has 0 spiro atoms. The minimum Gasteiger partial charge on any atom is -0.497 e. The molecule has 0 bridgehead atoms. The van der Waals surface area contributed by atoms with Crippen molar-refractivity contribution in [1.29, 1.82) is 0 Å². The molecule has 0 N–H and O–H groups in total. The second kappa shape index (κ2) is 10.4. The van der Waals surface area contributed by atoms with E-state index in [0.29, 0.717) is 18.4 Å². The van der Waals surface area contributed by atoms with Crippen LogP contribution in [0.15, 0.2) is 54.7 Å². The Morgan fingerprint density at radius 3 is 2.50 bits per heavy atom. The standard InChI is InChI=1S/C28H33N5O3/c1-31-19-33(25-18-29-26(30-27(25)31)22-5-4-6-24(17-22)36-3)28(34)32-15-13-21(14-16-32)8-7-20-9-11-23(35-2)12-10-20/h4-6,9-12,17-18,21H,7-8,13-16,19H2,1-3H3. The molecule has 8 heteroatoms. The molecule has 2 aliphatic rings. The van der Waals surface area contributed by atoms with Gasteiger partial charge in [-0.3, -0.25) is 4.90 Å². The summed E-state index contributed by atoms with van der Waals surface area (Å²) in [6.07, 6.45) is 6.03. The average Bonchev–Trinajstić information content (AvgIpc) is 3.27. The zero-order chi connectivity index (χ0) is 25.1.